The molecule has 0 radical (unpaired) electrons. The lowest BCUT2D eigenvalue weighted by Gasteiger charge is -2.09. The molecule has 7 nitrogen and oxygen atoms in total. The van der Waals surface area contributed by atoms with Crippen molar-refractivity contribution in [2.45, 2.75) is 17.9 Å². The molecular formula is C9H12N2O5S. The van der Waals surface area contributed by atoms with Gasteiger partial charge in [-0.1, -0.05) is 0 Å². The van der Waals surface area contributed by atoms with Crippen LogP contribution in [0.5, 0.6) is 5.88 Å². The largest absolute Gasteiger partial charge is 0.481 e. The van der Waals surface area contributed by atoms with Crippen LogP contribution in [0.4, 0.5) is 0 Å². The fourth-order valence-electron chi connectivity index (χ4n) is 0.998. The molecule has 2 N–H and O–H groups in total. The van der Waals surface area contributed by atoms with Gasteiger partial charge in [0.2, 0.25) is 15.9 Å². The van der Waals surface area contributed by atoms with E-state index in [0.29, 0.717) is 0 Å². The number of rotatable bonds is 5. The Morgan fingerprint density at radius 3 is 2.59 bits per heavy atom. The topological polar surface area (TPSA) is 106 Å². The molecule has 0 bridgehead atoms. The molecule has 94 valence electrons. The van der Waals surface area contributed by atoms with E-state index in [9.17, 15) is 13.2 Å². The van der Waals surface area contributed by atoms with E-state index >= 15 is 0 Å². The zero-order valence-corrected chi connectivity index (χ0v) is 10.1. The van der Waals surface area contributed by atoms with Crippen LogP contribution in [0.3, 0.4) is 0 Å². The molecule has 0 aromatic carbocycles. The number of nitrogens with one attached hydrogen (secondary N) is 1. The molecule has 0 saturated carbocycles. The van der Waals surface area contributed by atoms with Gasteiger partial charge in [-0.25, -0.2) is 13.4 Å². The first-order valence-corrected chi connectivity index (χ1v) is 6.10. The Kier molecular flexibility index (Phi) is 4.02. The number of carboxylic acid groups (broad SMARTS) is 1. The first kappa shape index (κ1) is 13.4. The predicted molar refractivity (Wildman–Crippen MR) is 58.2 cm³/mol. The number of hydrogen-bond acceptors (Lipinski definition) is 5. The van der Waals surface area contributed by atoms with E-state index in [-0.39, 0.29) is 10.8 Å². The van der Waals surface area contributed by atoms with E-state index < -0.39 is 22.0 Å². The number of nitrogens with zero attached hydrogens (tertiary/aromatic N) is 1. The van der Waals surface area contributed by atoms with Gasteiger partial charge in [0.1, 0.15) is 10.9 Å². The SMILES string of the molecule is COc1ccc(S(=O)(=O)NC(C)C(=O)O)cn1. The van der Waals surface area contributed by atoms with Gasteiger partial charge in [0.25, 0.3) is 0 Å². The average molecular weight is 260 g/mol. The molecule has 0 saturated heterocycles. The van der Waals surface area contributed by atoms with Gasteiger partial charge in [-0.15, -0.1) is 0 Å². The summed E-state index contributed by atoms with van der Waals surface area (Å²) in [5, 5.41) is 8.61. The molecule has 1 heterocycles. The van der Waals surface area contributed by atoms with Gasteiger partial charge in [0.15, 0.2) is 0 Å². The van der Waals surface area contributed by atoms with Crippen molar-refractivity contribution < 1.29 is 23.1 Å². The molecule has 1 unspecified atom stereocenters. The van der Waals surface area contributed by atoms with Crippen LogP contribution in [0.15, 0.2) is 23.2 Å². The minimum atomic E-state index is -3.88. The molecule has 0 aliphatic carbocycles. The van der Waals surface area contributed by atoms with Crippen LogP contribution in [-0.4, -0.2) is 37.6 Å². The summed E-state index contributed by atoms with van der Waals surface area (Å²) in [5.74, 6) is -0.981. The molecule has 0 spiro atoms. The van der Waals surface area contributed by atoms with Crippen molar-refractivity contribution in [3.8, 4) is 5.88 Å². The lowest BCUT2D eigenvalue weighted by molar-refractivity contribution is -0.138. The molecule has 8 heteroatoms. The highest BCUT2D eigenvalue weighted by Crippen LogP contribution is 2.12. The van der Waals surface area contributed by atoms with Crippen molar-refractivity contribution in [2.24, 2.45) is 0 Å². The summed E-state index contributed by atoms with van der Waals surface area (Å²) in [4.78, 5) is 14.2. The van der Waals surface area contributed by atoms with E-state index in [1.165, 1.54) is 26.2 Å². The number of methoxy groups -OCH3 is 1. The van der Waals surface area contributed by atoms with E-state index in [4.69, 9.17) is 9.84 Å². The van der Waals surface area contributed by atoms with Crippen molar-refractivity contribution in [3.63, 3.8) is 0 Å². The maximum absolute atomic E-state index is 11.7. The maximum atomic E-state index is 11.7. The molecule has 0 fully saturated rings. The van der Waals surface area contributed by atoms with E-state index in [1.807, 2.05) is 4.72 Å². The number of sulfonamides is 1. The molecule has 0 amide bonds. The van der Waals surface area contributed by atoms with Crippen LogP contribution >= 0.6 is 0 Å². The fraction of sp³-hybridized carbons (Fsp3) is 0.333. The third-order valence-corrected chi connectivity index (χ3v) is 3.46. The molecule has 17 heavy (non-hydrogen) atoms. The fourth-order valence-corrected chi connectivity index (χ4v) is 2.14. The monoisotopic (exact) mass is 260 g/mol. The lowest BCUT2D eigenvalue weighted by atomic mass is 10.4. The van der Waals surface area contributed by atoms with Gasteiger partial charge in [-0.2, -0.15) is 4.72 Å². The zero-order chi connectivity index (χ0) is 13.1. The number of pyridine rings is 1. The molecule has 1 aromatic heterocycles. The zero-order valence-electron chi connectivity index (χ0n) is 9.25. The lowest BCUT2D eigenvalue weighted by Crippen LogP contribution is -2.38. The Balaban J connectivity index is 2.93. The standard InChI is InChI=1S/C9H12N2O5S/c1-6(9(12)13)11-17(14,15)7-3-4-8(16-2)10-5-7/h3-6,11H,1-2H3,(H,12,13). The van der Waals surface area contributed by atoms with Gasteiger partial charge < -0.3 is 9.84 Å². The Hall–Kier alpha value is -1.67. The van der Waals surface area contributed by atoms with Crippen molar-refractivity contribution >= 4 is 16.0 Å². The van der Waals surface area contributed by atoms with Crippen molar-refractivity contribution in [2.75, 3.05) is 7.11 Å². The second-order valence-corrected chi connectivity index (χ2v) is 4.93. The Morgan fingerprint density at radius 2 is 2.18 bits per heavy atom. The summed E-state index contributed by atoms with van der Waals surface area (Å²) in [6.07, 6.45) is 1.09. The Labute approximate surface area is 98.5 Å². The maximum Gasteiger partial charge on any atom is 0.321 e. The molecular weight excluding hydrogens is 248 g/mol. The summed E-state index contributed by atoms with van der Waals surface area (Å²) in [6, 6.07) is 1.45. The van der Waals surface area contributed by atoms with Crippen LogP contribution < -0.4 is 9.46 Å². The van der Waals surface area contributed by atoms with Gasteiger partial charge in [0, 0.05) is 6.07 Å². The highest BCUT2D eigenvalue weighted by Gasteiger charge is 2.21. The number of ether oxygens (including phenoxy) is 1. The van der Waals surface area contributed by atoms with Crippen LogP contribution in [0, 0.1) is 0 Å². The van der Waals surface area contributed by atoms with Crippen LogP contribution in [0.1, 0.15) is 6.92 Å². The van der Waals surface area contributed by atoms with Gasteiger partial charge in [-0.3, -0.25) is 4.79 Å². The van der Waals surface area contributed by atoms with Gasteiger partial charge >= 0.3 is 5.97 Å². The first-order valence-electron chi connectivity index (χ1n) is 4.62. The second kappa shape index (κ2) is 5.11. The molecule has 0 aliphatic heterocycles. The molecule has 0 aliphatic rings. The van der Waals surface area contributed by atoms with Crippen molar-refractivity contribution in [3.05, 3.63) is 18.3 Å². The third-order valence-electron chi connectivity index (χ3n) is 1.93. The molecule has 1 aromatic rings. The predicted octanol–water partition coefficient (Wildman–Crippen LogP) is -0.158. The smallest absolute Gasteiger partial charge is 0.321 e. The van der Waals surface area contributed by atoms with Gasteiger partial charge in [-0.05, 0) is 13.0 Å². The average Bonchev–Trinajstić information content (AvgIpc) is 2.28. The molecule has 1 atom stereocenters. The van der Waals surface area contributed by atoms with E-state index in [0.717, 1.165) is 6.20 Å². The number of aromatic nitrogens is 1. The highest BCUT2D eigenvalue weighted by molar-refractivity contribution is 7.89. The summed E-state index contributed by atoms with van der Waals surface area (Å²) >= 11 is 0. The summed E-state index contributed by atoms with van der Waals surface area (Å²) in [6.45, 7) is 1.23. The normalized spacial score (nSPS) is 13.1. The summed E-state index contributed by atoms with van der Waals surface area (Å²) in [7, 11) is -2.47. The molecule has 1 rings (SSSR count). The first-order chi connectivity index (χ1) is 7.86. The van der Waals surface area contributed by atoms with Crippen LogP contribution in [0.25, 0.3) is 0 Å². The van der Waals surface area contributed by atoms with Gasteiger partial charge in [0.05, 0.1) is 13.3 Å². The third kappa shape index (κ3) is 3.40. The number of hydrogen-bond donors (Lipinski definition) is 2. The quantitative estimate of drug-likeness (QED) is 0.762. The number of carboxylic acids is 1. The number of aliphatic carboxylic acids is 1. The highest BCUT2D eigenvalue weighted by atomic mass is 32.2. The van der Waals surface area contributed by atoms with Crippen LogP contribution in [-0.2, 0) is 14.8 Å². The summed E-state index contributed by atoms with van der Waals surface area (Å²) < 4.78 is 30.2. The van der Waals surface area contributed by atoms with Crippen LogP contribution in [0.2, 0.25) is 0 Å². The number of carbonyl (C=O) groups is 1. The Bertz CT molecular complexity index is 497. The van der Waals surface area contributed by atoms with Crippen molar-refractivity contribution in [1.82, 2.24) is 9.71 Å². The Morgan fingerprint density at radius 1 is 1.53 bits per heavy atom. The van der Waals surface area contributed by atoms with E-state index in [1.54, 1.807) is 0 Å². The second-order valence-electron chi connectivity index (χ2n) is 3.22. The minimum absolute atomic E-state index is 0.119. The summed E-state index contributed by atoms with van der Waals surface area (Å²) in [5.41, 5.74) is 0. The minimum Gasteiger partial charge on any atom is -0.481 e. The van der Waals surface area contributed by atoms with E-state index in [2.05, 4.69) is 4.98 Å². The van der Waals surface area contributed by atoms with Crippen molar-refractivity contribution in [1.29, 1.82) is 0 Å².